The van der Waals surface area contributed by atoms with Crippen molar-refractivity contribution in [2.24, 2.45) is 0 Å². The maximum Gasteiger partial charge on any atom is 0.201 e. The number of hydrogen-bond donors (Lipinski definition) is 7. The lowest BCUT2D eigenvalue weighted by Crippen LogP contribution is -2.60. The Morgan fingerprint density at radius 3 is 2.23 bits per heavy atom. The van der Waals surface area contributed by atoms with Gasteiger partial charge in [-0.15, -0.1) is 0 Å². The Morgan fingerprint density at radius 1 is 0.867 bits per heavy atom. The standard InChI is InChI=1S/C21H22O9/c22-6-8-4-10-14(21-20(29)19(28)17(26)13(7-23)30-21)9-2-1-3-11(24)15(9)18(27)16(10)12(25)5-8/h1-5,13-14,17,19-26,28-29H,6-7H2/t13-,14+,17-,19+,20-,21+/m1/s1. The normalized spacial score (nSPS) is 30.6. The summed E-state index contributed by atoms with van der Waals surface area (Å²) in [6, 6.07) is 7.06. The molecule has 0 bridgehead atoms. The van der Waals surface area contributed by atoms with E-state index in [1.807, 2.05) is 0 Å². The summed E-state index contributed by atoms with van der Waals surface area (Å²) in [5.74, 6) is -2.34. The van der Waals surface area contributed by atoms with E-state index in [4.69, 9.17) is 4.74 Å². The lowest BCUT2D eigenvalue weighted by Gasteiger charge is -2.45. The van der Waals surface area contributed by atoms with Gasteiger partial charge < -0.3 is 40.5 Å². The summed E-state index contributed by atoms with van der Waals surface area (Å²) in [6.07, 6.45) is -7.22. The molecule has 1 fully saturated rings. The van der Waals surface area contributed by atoms with Crippen molar-refractivity contribution in [2.45, 2.75) is 43.0 Å². The molecular formula is C21H22O9. The van der Waals surface area contributed by atoms with Gasteiger partial charge in [-0.25, -0.2) is 0 Å². The van der Waals surface area contributed by atoms with E-state index in [2.05, 4.69) is 0 Å². The molecule has 0 saturated carbocycles. The number of phenolic OH excluding ortho intramolecular Hbond substituents is 2. The molecule has 0 radical (unpaired) electrons. The topological polar surface area (TPSA) is 168 Å². The second-order valence-electron chi connectivity index (χ2n) is 7.58. The third kappa shape index (κ3) is 2.99. The SMILES string of the molecule is O=C1c2c(O)cccc2[C@H]([C@@H]2O[C@H](CO)[C@@H](O)[C@H](O)[C@H]2O)c2cc(CO)cc(O)c21. The van der Waals surface area contributed by atoms with E-state index in [-0.39, 0.29) is 28.0 Å². The van der Waals surface area contributed by atoms with Crippen molar-refractivity contribution < 1.29 is 45.3 Å². The van der Waals surface area contributed by atoms with Crippen molar-refractivity contribution in [2.75, 3.05) is 6.61 Å². The number of aliphatic hydroxyl groups is 5. The van der Waals surface area contributed by atoms with Crippen molar-refractivity contribution in [1.29, 1.82) is 0 Å². The summed E-state index contributed by atoms with van der Waals surface area (Å²) in [6.45, 7) is -1.06. The van der Waals surface area contributed by atoms with Crippen molar-refractivity contribution in [3.63, 3.8) is 0 Å². The van der Waals surface area contributed by atoms with Gasteiger partial charge in [-0.1, -0.05) is 18.2 Å². The van der Waals surface area contributed by atoms with Crippen LogP contribution >= 0.6 is 0 Å². The molecule has 0 unspecified atom stereocenters. The molecule has 7 N–H and O–H groups in total. The predicted octanol–water partition coefficient (Wildman–Crippen LogP) is -0.891. The number of ketones is 1. The highest BCUT2D eigenvalue weighted by Gasteiger charge is 2.50. The van der Waals surface area contributed by atoms with Crippen LogP contribution in [0, 0.1) is 0 Å². The molecule has 0 spiro atoms. The third-order valence-electron chi connectivity index (χ3n) is 5.85. The average molecular weight is 418 g/mol. The summed E-state index contributed by atoms with van der Waals surface area (Å²) in [4.78, 5) is 13.1. The summed E-state index contributed by atoms with van der Waals surface area (Å²) < 4.78 is 5.73. The first kappa shape index (κ1) is 20.7. The van der Waals surface area contributed by atoms with Gasteiger partial charge in [0.15, 0.2) is 0 Å². The van der Waals surface area contributed by atoms with Crippen LogP contribution in [-0.4, -0.2) is 78.7 Å². The summed E-state index contributed by atoms with van der Waals surface area (Å²) in [5.41, 5.74) is 0.609. The van der Waals surface area contributed by atoms with Crippen molar-refractivity contribution >= 4 is 5.78 Å². The second kappa shape index (κ2) is 7.62. The highest BCUT2D eigenvalue weighted by atomic mass is 16.5. The minimum absolute atomic E-state index is 0.0843. The second-order valence-corrected chi connectivity index (χ2v) is 7.58. The Hall–Kier alpha value is -2.53. The molecule has 0 aromatic heterocycles. The molecule has 2 aromatic carbocycles. The third-order valence-corrected chi connectivity index (χ3v) is 5.85. The highest BCUT2D eigenvalue weighted by molar-refractivity contribution is 6.16. The molecule has 1 heterocycles. The molecule has 9 heteroatoms. The zero-order valence-corrected chi connectivity index (χ0v) is 15.7. The van der Waals surface area contributed by atoms with Crippen molar-refractivity contribution in [3.05, 3.63) is 58.1 Å². The number of phenols is 2. The molecule has 30 heavy (non-hydrogen) atoms. The van der Waals surface area contributed by atoms with Crippen LogP contribution in [0.4, 0.5) is 0 Å². The fourth-order valence-corrected chi connectivity index (χ4v) is 4.41. The number of hydrogen-bond acceptors (Lipinski definition) is 9. The van der Waals surface area contributed by atoms with Crippen LogP contribution in [-0.2, 0) is 11.3 Å². The summed E-state index contributed by atoms with van der Waals surface area (Å²) >= 11 is 0. The largest absolute Gasteiger partial charge is 0.507 e. The van der Waals surface area contributed by atoms with Gasteiger partial charge in [-0.05, 0) is 28.8 Å². The Balaban J connectivity index is 1.96. The quantitative estimate of drug-likeness (QED) is 0.334. The zero-order valence-electron chi connectivity index (χ0n) is 15.7. The van der Waals surface area contributed by atoms with Crippen LogP contribution in [0.5, 0.6) is 11.5 Å². The molecule has 6 atom stereocenters. The number of ether oxygens (including phenoxy) is 1. The van der Waals surface area contributed by atoms with Gasteiger partial charge in [-0.3, -0.25) is 4.79 Å². The van der Waals surface area contributed by atoms with Crippen LogP contribution in [0.3, 0.4) is 0 Å². The first-order chi connectivity index (χ1) is 14.3. The van der Waals surface area contributed by atoms with Crippen molar-refractivity contribution in [3.8, 4) is 11.5 Å². The van der Waals surface area contributed by atoms with E-state index in [9.17, 15) is 40.5 Å². The van der Waals surface area contributed by atoms with E-state index in [0.29, 0.717) is 5.56 Å². The van der Waals surface area contributed by atoms with Crippen LogP contribution in [0.15, 0.2) is 30.3 Å². The summed E-state index contributed by atoms with van der Waals surface area (Å²) in [5, 5.41) is 71.0. The number of rotatable bonds is 3. The van der Waals surface area contributed by atoms with E-state index in [1.165, 1.54) is 24.3 Å². The number of aromatic hydroxyl groups is 2. The van der Waals surface area contributed by atoms with Crippen molar-refractivity contribution in [1.82, 2.24) is 0 Å². The van der Waals surface area contributed by atoms with Gasteiger partial charge in [0.1, 0.15) is 35.9 Å². The molecule has 1 aliphatic heterocycles. The molecule has 0 amide bonds. The molecule has 2 aliphatic rings. The fraction of sp³-hybridized carbons (Fsp3) is 0.381. The first-order valence-electron chi connectivity index (χ1n) is 9.43. The van der Waals surface area contributed by atoms with Crippen LogP contribution in [0.2, 0.25) is 0 Å². The number of carbonyl (C=O) groups excluding carboxylic acids is 1. The Morgan fingerprint density at radius 2 is 1.57 bits per heavy atom. The molecule has 160 valence electrons. The molecule has 1 aliphatic carbocycles. The fourth-order valence-electron chi connectivity index (χ4n) is 4.41. The smallest absolute Gasteiger partial charge is 0.201 e. The van der Waals surface area contributed by atoms with E-state index in [1.54, 1.807) is 6.07 Å². The van der Waals surface area contributed by atoms with Crippen LogP contribution in [0.25, 0.3) is 0 Å². The van der Waals surface area contributed by atoms with Crippen LogP contribution in [0.1, 0.15) is 38.5 Å². The maximum atomic E-state index is 13.1. The summed E-state index contributed by atoms with van der Waals surface area (Å²) in [7, 11) is 0. The molecule has 9 nitrogen and oxygen atoms in total. The Bertz CT molecular complexity index is 987. The van der Waals surface area contributed by atoms with E-state index < -0.39 is 61.2 Å². The number of fused-ring (bicyclic) bond motifs is 2. The zero-order chi connectivity index (χ0) is 21.7. The maximum absolute atomic E-state index is 13.1. The predicted molar refractivity (Wildman–Crippen MR) is 101 cm³/mol. The van der Waals surface area contributed by atoms with Gasteiger partial charge in [0.2, 0.25) is 5.78 Å². The van der Waals surface area contributed by atoms with Gasteiger partial charge >= 0.3 is 0 Å². The van der Waals surface area contributed by atoms with Gasteiger partial charge in [0, 0.05) is 5.92 Å². The minimum atomic E-state index is -1.64. The van der Waals surface area contributed by atoms with E-state index >= 15 is 0 Å². The van der Waals surface area contributed by atoms with E-state index in [0.717, 1.165) is 0 Å². The van der Waals surface area contributed by atoms with Gasteiger partial charge in [0.05, 0.1) is 30.4 Å². The molecule has 1 saturated heterocycles. The minimum Gasteiger partial charge on any atom is -0.507 e. The van der Waals surface area contributed by atoms with Crippen LogP contribution < -0.4 is 0 Å². The Kier molecular flexibility index (Phi) is 5.27. The first-order valence-corrected chi connectivity index (χ1v) is 9.43. The monoisotopic (exact) mass is 418 g/mol. The number of benzene rings is 2. The lowest BCUT2D eigenvalue weighted by molar-refractivity contribution is -0.232. The Labute approximate surface area is 171 Å². The molecule has 2 aromatic rings. The van der Waals surface area contributed by atoms with Gasteiger partial charge in [0.25, 0.3) is 0 Å². The molecular weight excluding hydrogens is 396 g/mol. The molecule has 4 rings (SSSR count). The lowest BCUT2D eigenvalue weighted by atomic mass is 9.71. The highest BCUT2D eigenvalue weighted by Crippen LogP contribution is 2.47. The van der Waals surface area contributed by atoms with Gasteiger partial charge in [-0.2, -0.15) is 0 Å². The average Bonchev–Trinajstić information content (AvgIpc) is 2.73. The number of aliphatic hydroxyl groups excluding tert-OH is 5. The number of carbonyl (C=O) groups is 1.